The summed E-state index contributed by atoms with van der Waals surface area (Å²) in [5.41, 5.74) is 3.81. The molecule has 0 aliphatic rings. The zero-order chi connectivity index (χ0) is 15.6. The topological polar surface area (TPSA) is 29.1 Å². The van der Waals surface area contributed by atoms with E-state index in [0.29, 0.717) is 6.42 Å². The van der Waals surface area contributed by atoms with Crippen molar-refractivity contribution in [1.82, 2.24) is 5.32 Å². The van der Waals surface area contributed by atoms with Gasteiger partial charge >= 0.3 is 0 Å². The molecular formula is C19H23NOS. The average molecular weight is 313 g/mol. The predicted octanol–water partition coefficient (Wildman–Crippen LogP) is 3.98. The van der Waals surface area contributed by atoms with E-state index in [4.69, 9.17) is 0 Å². The molecule has 3 heteroatoms. The van der Waals surface area contributed by atoms with Crippen LogP contribution in [0.2, 0.25) is 0 Å². The lowest BCUT2D eigenvalue weighted by molar-refractivity contribution is -0.120. The van der Waals surface area contributed by atoms with E-state index in [1.165, 1.54) is 16.7 Å². The zero-order valence-electron chi connectivity index (χ0n) is 13.0. The van der Waals surface area contributed by atoms with E-state index in [-0.39, 0.29) is 5.91 Å². The van der Waals surface area contributed by atoms with Crippen LogP contribution in [-0.2, 0) is 17.0 Å². The maximum Gasteiger partial charge on any atom is 0.220 e. The smallest absolute Gasteiger partial charge is 0.220 e. The highest BCUT2D eigenvalue weighted by atomic mass is 32.2. The van der Waals surface area contributed by atoms with E-state index < -0.39 is 0 Å². The molecule has 0 aromatic heterocycles. The lowest BCUT2D eigenvalue weighted by atomic mass is 10.1. The van der Waals surface area contributed by atoms with Gasteiger partial charge in [0.25, 0.3) is 0 Å². The summed E-state index contributed by atoms with van der Waals surface area (Å²) in [7, 11) is 0. The Morgan fingerprint density at radius 3 is 2.45 bits per heavy atom. The number of carbonyl (C=O) groups excluding carboxylic acids is 1. The van der Waals surface area contributed by atoms with Crippen LogP contribution in [0, 0.1) is 6.92 Å². The third-order valence-electron chi connectivity index (χ3n) is 3.44. The molecule has 0 fully saturated rings. The zero-order valence-corrected chi connectivity index (χ0v) is 13.9. The maximum absolute atomic E-state index is 11.8. The molecule has 0 heterocycles. The summed E-state index contributed by atoms with van der Waals surface area (Å²) in [5.74, 6) is 2.09. The van der Waals surface area contributed by atoms with Crippen LogP contribution >= 0.6 is 11.8 Å². The van der Waals surface area contributed by atoms with Crippen molar-refractivity contribution in [3.05, 3.63) is 71.3 Å². The number of rotatable bonds is 8. The Bertz CT molecular complexity index is 566. The molecule has 0 spiro atoms. The van der Waals surface area contributed by atoms with Gasteiger partial charge in [-0.3, -0.25) is 4.79 Å². The van der Waals surface area contributed by atoms with Crippen LogP contribution < -0.4 is 5.32 Å². The highest BCUT2D eigenvalue weighted by Gasteiger charge is 2.02. The largest absolute Gasteiger partial charge is 0.355 e. The quantitative estimate of drug-likeness (QED) is 0.747. The number of carbonyl (C=O) groups is 1. The third-order valence-corrected chi connectivity index (χ3v) is 4.47. The number of hydrogen-bond acceptors (Lipinski definition) is 2. The average Bonchev–Trinajstić information content (AvgIpc) is 2.55. The molecule has 1 N–H and O–H groups in total. The molecule has 2 nitrogen and oxygen atoms in total. The normalized spacial score (nSPS) is 10.4. The number of aryl methyl sites for hydroxylation is 2. The first-order valence-electron chi connectivity index (χ1n) is 7.68. The van der Waals surface area contributed by atoms with Crippen LogP contribution in [0.15, 0.2) is 54.6 Å². The lowest BCUT2D eigenvalue weighted by Gasteiger charge is -2.06. The molecule has 0 atom stereocenters. The number of nitrogens with one attached hydrogen (secondary N) is 1. The Morgan fingerprint density at radius 1 is 1.00 bits per heavy atom. The minimum atomic E-state index is 0.140. The first-order chi connectivity index (χ1) is 10.7. The molecule has 0 bridgehead atoms. The SMILES string of the molecule is Cc1ccc(CCC(=O)NCCSCc2ccccc2)cc1. The highest BCUT2D eigenvalue weighted by Crippen LogP contribution is 2.10. The van der Waals surface area contributed by atoms with Crippen LogP contribution in [0.4, 0.5) is 0 Å². The van der Waals surface area contributed by atoms with Gasteiger partial charge in [-0.2, -0.15) is 11.8 Å². The van der Waals surface area contributed by atoms with E-state index in [2.05, 4.69) is 60.8 Å². The number of hydrogen-bond donors (Lipinski definition) is 1. The van der Waals surface area contributed by atoms with Crippen LogP contribution in [0.1, 0.15) is 23.1 Å². The van der Waals surface area contributed by atoms with E-state index in [0.717, 1.165) is 24.5 Å². The van der Waals surface area contributed by atoms with Crippen molar-refractivity contribution < 1.29 is 4.79 Å². The molecule has 0 aliphatic heterocycles. The van der Waals surface area contributed by atoms with E-state index >= 15 is 0 Å². The fourth-order valence-corrected chi connectivity index (χ4v) is 2.95. The summed E-state index contributed by atoms with van der Waals surface area (Å²) >= 11 is 1.85. The Labute approximate surface area is 137 Å². The molecule has 0 saturated carbocycles. The maximum atomic E-state index is 11.8. The van der Waals surface area contributed by atoms with Gasteiger partial charge in [-0.05, 0) is 24.5 Å². The second kappa shape index (κ2) is 9.31. The third kappa shape index (κ3) is 6.35. The van der Waals surface area contributed by atoms with Crippen molar-refractivity contribution in [3.63, 3.8) is 0 Å². The van der Waals surface area contributed by atoms with Crippen molar-refractivity contribution in [3.8, 4) is 0 Å². The van der Waals surface area contributed by atoms with Crippen LogP contribution in [0.25, 0.3) is 0 Å². The molecule has 116 valence electrons. The molecule has 2 aromatic carbocycles. The molecule has 0 aliphatic carbocycles. The molecule has 0 radical (unpaired) electrons. The van der Waals surface area contributed by atoms with E-state index in [1.807, 2.05) is 17.8 Å². The van der Waals surface area contributed by atoms with Gasteiger partial charge < -0.3 is 5.32 Å². The second-order valence-corrected chi connectivity index (χ2v) is 6.48. The Morgan fingerprint density at radius 2 is 1.73 bits per heavy atom. The molecule has 2 rings (SSSR count). The fraction of sp³-hybridized carbons (Fsp3) is 0.316. The van der Waals surface area contributed by atoms with Gasteiger partial charge in [0.05, 0.1) is 0 Å². The standard InChI is InChI=1S/C19H23NOS/c1-16-7-9-17(10-8-16)11-12-19(21)20-13-14-22-15-18-5-3-2-4-6-18/h2-10H,11-15H2,1H3,(H,20,21). The van der Waals surface area contributed by atoms with Crippen molar-refractivity contribution in [2.24, 2.45) is 0 Å². The van der Waals surface area contributed by atoms with Crippen molar-refractivity contribution >= 4 is 17.7 Å². The number of benzene rings is 2. The summed E-state index contributed by atoms with van der Waals surface area (Å²) in [6.07, 6.45) is 1.37. The Balaban J connectivity index is 1.55. The molecule has 0 saturated heterocycles. The summed E-state index contributed by atoms with van der Waals surface area (Å²) < 4.78 is 0. The van der Waals surface area contributed by atoms with Crippen LogP contribution in [-0.4, -0.2) is 18.2 Å². The van der Waals surface area contributed by atoms with Crippen molar-refractivity contribution in [1.29, 1.82) is 0 Å². The lowest BCUT2D eigenvalue weighted by Crippen LogP contribution is -2.25. The minimum absolute atomic E-state index is 0.140. The summed E-state index contributed by atoms with van der Waals surface area (Å²) in [6.45, 7) is 2.81. The van der Waals surface area contributed by atoms with Gasteiger partial charge in [0, 0.05) is 24.5 Å². The van der Waals surface area contributed by atoms with Crippen LogP contribution in [0.3, 0.4) is 0 Å². The van der Waals surface area contributed by atoms with E-state index in [1.54, 1.807) is 0 Å². The predicted molar refractivity (Wildman–Crippen MR) is 95.1 cm³/mol. The van der Waals surface area contributed by atoms with Gasteiger partial charge in [0.2, 0.25) is 5.91 Å². The first kappa shape index (κ1) is 16.6. The van der Waals surface area contributed by atoms with Gasteiger partial charge in [0.1, 0.15) is 0 Å². The molecule has 2 aromatic rings. The molecule has 1 amide bonds. The van der Waals surface area contributed by atoms with Crippen molar-refractivity contribution in [2.45, 2.75) is 25.5 Å². The highest BCUT2D eigenvalue weighted by molar-refractivity contribution is 7.98. The van der Waals surface area contributed by atoms with Gasteiger partial charge in [-0.15, -0.1) is 0 Å². The first-order valence-corrected chi connectivity index (χ1v) is 8.83. The fourth-order valence-electron chi connectivity index (χ4n) is 2.13. The Kier molecular flexibility index (Phi) is 7.04. The van der Waals surface area contributed by atoms with Gasteiger partial charge in [-0.25, -0.2) is 0 Å². The van der Waals surface area contributed by atoms with Gasteiger partial charge in [-0.1, -0.05) is 60.2 Å². The van der Waals surface area contributed by atoms with E-state index in [9.17, 15) is 4.79 Å². The molecule has 0 unspecified atom stereocenters. The summed E-state index contributed by atoms with van der Waals surface area (Å²) in [4.78, 5) is 11.8. The van der Waals surface area contributed by atoms with Crippen LogP contribution in [0.5, 0.6) is 0 Å². The molecular weight excluding hydrogens is 290 g/mol. The summed E-state index contributed by atoms with van der Waals surface area (Å²) in [5, 5.41) is 2.99. The second-order valence-electron chi connectivity index (χ2n) is 5.37. The number of amides is 1. The minimum Gasteiger partial charge on any atom is -0.355 e. The monoisotopic (exact) mass is 313 g/mol. The molecule has 22 heavy (non-hydrogen) atoms. The van der Waals surface area contributed by atoms with Gasteiger partial charge in [0.15, 0.2) is 0 Å². The number of thioether (sulfide) groups is 1. The Hall–Kier alpha value is -1.74. The van der Waals surface area contributed by atoms with Crippen molar-refractivity contribution in [2.75, 3.05) is 12.3 Å². The summed E-state index contributed by atoms with van der Waals surface area (Å²) in [6, 6.07) is 18.8.